The van der Waals surface area contributed by atoms with E-state index in [1.165, 1.54) is 0 Å². The Morgan fingerprint density at radius 3 is 2.16 bits per heavy atom. The van der Waals surface area contributed by atoms with Crippen LogP contribution in [0.25, 0.3) is 0 Å². The van der Waals surface area contributed by atoms with E-state index in [9.17, 15) is 4.79 Å². The Morgan fingerprint density at radius 1 is 1.16 bits per heavy atom. The summed E-state index contributed by atoms with van der Waals surface area (Å²) in [7, 11) is -2.02. The van der Waals surface area contributed by atoms with E-state index in [0.717, 1.165) is 25.6 Å². The van der Waals surface area contributed by atoms with E-state index in [-0.39, 0.29) is 6.42 Å². The van der Waals surface area contributed by atoms with Gasteiger partial charge in [-0.2, -0.15) is 0 Å². The van der Waals surface area contributed by atoms with Crippen LogP contribution in [0.2, 0.25) is 12.6 Å². The number of aliphatic carboxylic acids is 1. The van der Waals surface area contributed by atoms with Crippen LogP contribution in [0.1, 0.15) is 33.6 Å². The second kappa shape index (κ2) is 10.4. The summed E-state index contributed by atoms with van der Waals surface area (Å²) >= 11 is 0. The highest BCUT2D eigenvalue weighted by molar-refractivity contribution is 6.66. The number of hydrogen-bond donors (Lipinski definition) is 1. The van der Waals surface area contributed by atoms with Gasteiger partial charge in [0, 0.05) is 19.8 Å². The molecule has 0 fully saturated rings. The largest absolute Gasteiger partial charge is 0.481 e. The molecular weight excluding hydrogens is 262 g/mol. The minimum atomic E-state index is -2.02. The molecule has 0 saturated carbocycles. The Bertz CT molecular complexity index is 245. The summed E-state index contributed by atoms with van der Waals surface area (Å²) in [6.07, 6.45) is 1.20. The lowest BCUT2D eigenvalue weighted by Gasteiger charge is -2.27. The molecule has 0 aliphatic carbocycles. The summed E-state index contributed by atoms with van der Waals surface area (Å²) in [4.78, 5) is 12.7. The van der Waals surface area contributed by atoms with Crippen LogP contribution < -0.4 is 0 Å². The Labute approximate surface area is 118 Å². The van der Waals surface area contributed by atoms with E-state index >= 15 is 0 Å². The molecular formula is C13H29NO4Si. The zero-order valence-corrected chi connectivity index (χ0v) is 13.8. The fraction of sp³-hybridized carbons (Fsp3) is 0.923. The molecule has 19 heavy (non-hydrogen) atoms. The highest BCUT2D eigenvalue weighted by atomic mass is 28.4. The Morgan fingerprint density at radius 2 is 1.74 bits per heavy atom. The van der Waals surface area contributed by atoms with Crippen LogP contribution in [0.4, 0.5) is 0 Å². The molecule has 0 aromatic heterocycles. The third kappa shape index (κ3) is 9.15. The van der Waals surface area contributed by atoms with Crippen LogP contribution >= 0.6 is 0 Å². The maximum Gasteiger partial charge on any atom is 0.334 e. The minimum Gasteiger partial charge on any atom is -0.481 e. The number of nitrogens with zero attached hydrogens (tertiary/aromatic N) is 1. The molecule has 0 saturated heterocycles. The smallest absolute Gasteiger partial charge is 0.334 e. The lowest BCUT2D eigenvalue weighted by Crippen LogP contribution is -2.39. The first-order valence-electron chi connectivity index (χ1n) is 7.19. The zero-order chi connectivity index (χ0) is 14.7. The van der Waals surface area contributed by atoms with Crippen molar-refractivity contribution in [1.29, 1.82) is 0 Å². The van der Waals surface area contributed by atoms with Crippen molar-refractivity contribution < 1.29 is 18.8 Å². The quantitative estimate of drug-likeness (QED) is 0.559. The summed E-state index contributed by atoms with van der Waals surface area (Å²) in [5, 5.41) is 8.69. The lowest BCUT2D eigenvalue weighted by molar-refractivity contribution is -0.137. The van der Waals surface area contributed by atoms with Crippen LogP contribution in [0, 0.1) is 0 Å². The molecule has 0 aliphatic heterocycles. The van der Waals surface area contributed by atoms with Gasteiger partial charge in [0.2, 0.25) is 0 Å². The maximum absolute atomic E-state index is 10.6. The van der Waals surface area contributed by atoms with Crippen LogP contribution in [0.5, 0.6) is 0 Å². The monoisotopic (exact) mass is 291 g/mol. The molecule has 0 radical (unpaired) electrons. The molecule has 6 heteroatoms. The molecule has 0 bridgehead atoms. The number of hydrogen-bond acceptors (Lipinski definition) is 4. The first-order chi connectivity index (χ1) is 8.97. The Balaban J connectivity index is 4.03. The molecule has 0 aromatic carbocycles. The highest BCUT2D eigenvalue weighted by Gasteiger charge is 2.30. The van der Waals surface area contributed by atoms with Gasteiger partial charge in [-0.05, 0) is 45.9 Å². The van der Waals surface area contributed by atoms with Crippen molar-refractivity contribution in [2.24, 2.45) is 0 Å². The van der Waals surface area contributed by atoms with Crippen molar-refractivity contribution in [1.82, 2.24) is 4.90 Å². The van der Waals surface area contributed by atoms with Gasteiger partial charge in [0.1, 0.15) is 0 Å². The van der Waals surface area contributed by atoms with Gasteiger partial charge in [-0.15, -0.1) is 0 Å². The van der Waals surface area contributed by atoms with Crippen molar-refractivity contribution in [3.8, 4) is 0 Å². The van der Waals surface area contributed by atoms with Crippen molar-refractivity contribution in [3.05, 3.63) is 0 Å². The van der Waals surface area contributed by atoms with Gasteiger partial charge in [-0.3, -0.25) is 4.79 Å². The maximum atomic E-state index is 10.6. The average molecular weight is 291 g/mol. The molecule has 0 amide bonds. The Kier molecular flexibility index (Phi) is 10.1. The summed E-state index contributed by atoms with van der Waals surface area (Å²) in [6.45, 7) is 12.0. The van der Waals surface area contributed by atoms with Crippen molar-refractivity contribution in [2.45, 2.75) is 46.2 Å². The molecule has 0 unspecified atom stereocenters. The van der Waals surface area contributed by atoms with Crippen LogP contribution in [0.3, 0.4) is 0 Å². The number of rotatable bonds is 12. The van der Waals surface area contributed by atoms with E-state index in [0.29, 0.717) is 19.8 Å². The second-order valence-electron chi connectivity index (χ2n) is 4.68. The molecule has 0 atom stereocenters. The fourth-order valence-corrected chi connectivity index (χ4v) is 4.50. The molecule has 5 nitrogen and oxygen atoms in total. The summed E-state index contributed by atoms with van der Waals surface area (Å²) in [5.41, 5.74) is 0. The molecule has 0 rings (SSSR count). The van der Waals surface area contributed by atoms with Crippen LogP contribution in [-0.2, 0) is 13.6 Å². The molecule has 1 N–H and O–H groups in total. The van der Waals surface area contributed by atoms with Crippen molar-refractivity contribution >= 4 is 14.5 Å². The first kappa shape index (κ1) is 18.6. The lowest BCUT2D eigenvalue weighted by atomic mass is 10.3. The topological polar surface area (TPSA) is 59.0 Å². The van der Waals surface area contributed by atoms with E-state index in [1.807, 2.05) is 13.8 Å². The number of carboxylic acid groups (broad SMARTS) is 1. The normalized spacial score (nSPS) is 12.1. The van der Waals surface area contributed by atoms with Gasteiger partial charge in [-0.1, -0.05) is 6.92 Å². The van der Waals surface area contributed by atoms with Gasteiger partial charge in [0.15, 0.2) is 0 Å². The second-order valence-corrected chi connectivity index (χ2v) is 8.03. The number of carboxylic acids is 1. The van der Waals surface area contributed by atoms with Crippen LogP contribution in [-0.4, -0.2) is 57.4 Å². The number of carbonyl (C=O) groups is 1. The van der Waals surface area contributed by atoms with Gasteiger partial charge >= 0.3 is 14.5 Å². The molecule has 0 heterocycles. The molecule has 0 aliphatic rings. The van der Waals surface area contributed by atoms with E-state index in [4.69, 9.17) is 14.0 Å². The predicted molar refractivity (Wildman–Crippen MR) is 78.7 cm³/mol. The average Bonchev–Trinajstić information content (AvgIpc) is 2.33. The van der Waals surface area contributed by atoms with Gasteiger partial charge < -0.3 is 18.9 Å². The van der Waals surface area contributed by atoms with Gasteiger partial charge in [0.25, 0.3) is 0 Å². The Hall–Kier alpha value is -0.433. The minimum absolute atomic E-state index is 0.208. The fourth-order valence-electron chi connectivity index (χ4n) is 2.10. The standard InChI is InChI=1S/C13H29NO4Si/c1-5-14(11-9-13(15)16)10-8-12-19(4,17-6-2)18-7-3/h5-12H2,1-4H3,(H,15,16). The van der Waals surface area contributed by atoms with Gasteiger partial charge in [-0.25, -0.2) is 0 Å². The SMILES string of the molecule is CCO[Si](C)(CCCN(CC)CCC(=O)O)OCC. The molecule has 0 aromatic rings. The highest BCUT2D eigenvalue weighted by Crippen LogP contribution is 2.16. The van der Waals surface area contributed by atoms with Gasteiger partial charge in [0.05, 0.1) is 6.42 Å². The third-order valence-corrected chi connectivity index (χ3v) is 6.15. The van der Waals surface area contributed by atoms with Crippen molar-refractivity contribution in [2.75, 3.05) is 32.8 Å². The van der Waals surface area contributed by atoms with E-state index < -0.39 is 14.5 Å². The zero-order valence-electron chi connectivity index (χ0n) is 12.8. The van der Waals surface area contributed by atoms with E-state index in [1.54, 1.807) is 0 Å². The predicted octanol–water partition coefficient (Wildman–Crippen LogP) is 2.32. The molecule has 0 spiro atoms. The summed E-state index contributed by atoms with van der Waals surface area (Å²) in [5.74, 6) is -0.735. The molecule has 114 valence electrons. The summed E-state index contributed by atoms with van der Waals surface area (Å²) < 4.78 is 11.6. The third-order valence-electron chi connectivity index (χ3n) is 3.09. The van der Waals surface area contributed by atoms with Crippen LogP contribution in [0.15, 0.2) is 0 Å². The van der Waals surface area contributed by atoms with E-state index in [2.05, 4.69) is 18.4 Å². The van der Waals surface area contributed by atoms with Crippen molar-refractivity contribution in [3.63, 3.8) is 0 Å². The first-order valence-corrected chi connectivity index (χ1v) is 9.71. The summed E-state index contributed by atoms with van der Waals surface area (Å²) in [6, 6.07) is 0.957.